The van der Waals surface area contributed by atoms with Crippen molar-refractivity contribution in [3.8, 4) is 0 Å². The molecule has 2 amide bonds. The number of urea groups is 1. The minimum Gasteiger partial charge on any atom is -0.335 e. The summed E-state index contributed by atoms with van der Waals surface area (Å²) in [6.07, 6.45) is 2.13. The Bertz CT molecular complexity index is 389. The molecule has 0 saturated heterocycles. The van der Waals surface area contributed by atoms with E-state index in [1.165, 1.54) is 0 Å². The fourth-order valence-electron chi connectivity index (χ4n) is 1.94. The second-order valence-electron chi connectivity index (χ2n) is 5.15. The van der Waals surface area contributed by atoms with E-state index >= 15 is 0 Å². The van der Waals surface area contributed by atoms with Gasteiger partial charge in [-0.05, 0) is 37.0 Å². The van der Waals surface area contributed by atoms with Gasteiger partial charge in [-0.1, -0.05) is 32.4 Å². The monoisotopic (exact) mass is 263 g/mol. The van der Waals surface area contributed by atoms with E-state index in [0.717, 1.165) is 24.1 Å². The molecule has 1 aromatic rings. The number of amides is 2. The maximum atomic E-state index is 11.8. The summed E-state index contributed by atoms with van der Waals surface area (Å²) in [6.45, 7) is 6.90. The van der Waals surface area contributed by atoms with Crippen LogP contribution in [-0.2, 0) is 6.54 Å². The molecule has 1 rings (SSSR count). The van der Waals surface area contributed by atoms with Crippen molar-refractivity contribution in [2.45, 2.75) is 46.2 Å². The second kappa shape index (κ2) is 7.79. The largest absolute Gasteiger partial charge is 0.335 e. The standard InChI is InChI=1S/C15H25N3O/c1-4-11(2)9-12(3)17-15(19)18-14-7-5-13(10-16)6-8-14/h5-8,11-12H,4,9-10,16H2,1-3H3,(H2,17,18,19). The molecule has 0 aromatic heterocycles. The van der Waals surface area contributed by atoms with E-state index in [9.17, 15) is 4.79 Å². The van der Waals surface area contributed by atoms with E-state index < -0.39 is 0 Å². The Morgan fingerprint density at radius 3 is 2.42 bits per heavy atom. The molecule has 4 nitrogen and oxygen atoms in total. The summed E-state index contributed by atoms with van der Waals surface area (Å²) < 4.78 is 0. The van der Waals surface area contributed by atoms with Crippen molar-refractivity contribution >= 4 is 11.7 Å². The van der Waals surface area contributed by atoms with Crippen LogP contribution >= 0.6 is 0 Å². The molecule has 0 aliphatic carbocycles. The SMILES string of the molecule is CCC(C)CC(C)NC(=O)Nc1ccc(CN)cc1. The maximum Gasteiger partial charge on any atom is 0.319 e. The van der Waals surface area contributed by atoms with Crippen molar-refractivity contribution in [2.75, 3.05) is 5.32 Å². The van der Waals surface area contributed by atoms with Crippen molar-refractivity contribution in [3.05, 3.63) is 29.8 Å². The Morgan fingerprint density at radius 1 is 1.26 bits per heavy atom. The van der Waals surface area contributed by atoms with Gasteiger partial charge in [0.2, 0.25) is 0 Å². The summed E-state index contributed by atoms with van der Waals surface area (Å²) in [7, 11) is 0. The van der Waals surface area contributed by atoms with Gasteiger partial charge in [0, 0.05) is 18.3 Å². The molecule has 0 bridgehead atoms. The van der Waals surface area contributed by atoms with Crippen molar-refractivity contribution in [2.24, 2.45) is 11.7 Å². The number of anilines is 1. The highest BCUT2D eigenvalue weighted by molar-refractivity contribution is 5.89. The quantitative estimate of drug-likeness (QED) is 0.738. The summed E-state index contributed by atoms with van der Waals surface area (Å²) in [5.41, 5.74) is 7.36. The molecule has 0 aliphatic heterocycles. The third-order valence-corrected chi connectivity index (χ3v) is 3.28. The molecule has 4 N–H and O–H groups in total. The van der Waals surface area contributed by atoms with Gasteiger partial charge >= 0.3 is 6.03 Å². The van der Waals surface area contributed by atoms with E-state index in [1.807, 2.05) is 31.2 Å². The van der Waals surface area contributed by atoms with E-state index in [2.05, 4.69) is 24.5 Å². The average Bonchev–Trinajstić information content (AvgIpc) is 2.39. The smallest absolute Gasteiger partial charge is 0.319 e. The molecular formula is C15H25N3O. The zero-order chi connectivity index (χ0) is 14.3. The van der Waals surface area contributed by atoms with Crippen LogP contribution in [0.1, 0.15) is 39.2 Å². The molecule has 2 atom stereocenters. The summed E-state index contributed by atoms with van der Waals surface area (Å²) in [5.74, 6) is 0.624. The number of benzene rings is 1. The summed E-state index contributed by atoms with van der Waals surface area (Å²) in [4.78, 5) is 11.8. The van der Waals surface area contributed by atoms with Crippen LogP contribution in [0.15, 0.2) is 24.3 Å². The minimum absolute atomic E-state index is 0.156. The summed E-state index contributed by atoms with van der Waals surface area (Å²) >= 11 is 0. The van der Waals surface area contributed by atoms with Crippen molar-refractivity contribution in [1.29, 1.82) is 0 Å². The van der Waals surface area contributed by atoms with Gasteiger partial charge in [0.15, 0.2) is 0 Å². The number of rotatable bonds is 6. The topological polar surface area (TPSA) is 67.2 Å². The van der Waals surface area contributed by atoms with Gasteiger partial charge in [-0.25, -0.2) is 4.79 Å². The maximum absolute atomic E-state index is 11.8. The first-order chi connectivity index (χ1) is 9.05. The lowest BCUT2D eigenvalue weighted by atomic mass is 10.0. The van der Waals surface area contributed by atoms with Gasteiger partial charge in [0.1, 0.15) is 0 Å². The van der Waals surface area contributed by atoms with Crippen molar-refractivity contribution in [1.82, 2.24) is 5.32 Å². The number of carbonyl (C=O) groups is 1. The number of hydrogen-bond donors (Lipinski definition) is 3. The molecule has 106 valence electrons. The zero-order valence-electron chi connectivity index (χ0n) is 12.1. The van der Waals surface area contributed by atoms with Crippen LogP contribution in [0.2, 0.25) is 0 Å². The molecule has 0 radical (unpaired) electrons. The van der Waals surface area contributed by atoms with E-state index in [1.54, 1.807) is 0 Å². The first-order valence-electron chi connectivity index (χ1n) is 6.91. The lowest BCUT2D eigenvalue weighted by Gasteiger charge is -2.18. The lowest BCUT2D eigenvalue weighted by molar-refractivity contribution is 0.247. The Balaban J connectivity index is 2.41. The number of nitrogens with two attached hydrogens (primary N) is 1. The van der Waals surface area contributed by atoms with Gasteiger partial charge in [0.05, 0.1) is 0 Å². The van der Waals surface area contributed by atoms with Crippen LogP contribution in [0, 0.1) is 5.92 Å². The highest BCUT2D eigenvalue weighted by Crippen LogP contribution is 2.11. The molecule has 19 heavy (non-hydrogen) atoms. The average molecular weight is 263 g/mol. The van der Waals surface area contributed by atoms with Gasteiger partial charge in [-0.2, -0.15) is 0 Å². The highest BCUT2D eigenvalue weighted by Gasteiger charge is 2.10. The molecule has 0 spiro atoms. The highest BCUT2D eigenvalue weighted by atomic mass is 16.2. The van der Waals surface area contributed by atoms with Crippen LogP contribution in [0.5, 0.6) is 0 Å². The predicted octanol–water partition coefficient (Wildman–Crippen LogP) is 3.09. The Hall–Kier alpha value is -1.55. The first-order valence-corrected chi connectivity index (χ1v) is 6.91. The van der Waals surface area contributed by atoms with Crippen LogP contribution < -0.4 is 16.4 Å². The fraction of sp³-hybridized carbons (Fsp3) is 0.533. The first kappa shape index (κ1) is 15.5. The zero-order valence-corrected chi connectivity index (χ0v) is 12.1. The molecule has 1 aromatic carbocycles. The Morgan fingerprint density at radius 2 is 1.89 bits per heavy atom. The van der Waals surface area contributed by atoms with Crippen molar-refractivity contribution in [3.63, 3.8) is 0 Å². The molecule has 0 fully saturated rings. The van der Waals surface area contributed by atoms with Gasteiger partial charge in [-0.3, -0.25) is 0 Å². The predicted molar refractivity (Wildman–Crippen MR) is 80.0 cm³/mol. The Kier molecular flexibility index (Phi) is 6.36. The van der Waals surface area contributed by atoms with Crippen LogP contribution in [0.3, 0.4) is 0 Å². The normalized spacial score (nSPS) is 13.7. The van der Waals surface area contributed by atoms with E-state index in [-0.39, 0.29) is 12.1 Å². The number of carbonyl (C=O) groups excluding carboxylic acids is 1. The third-order valence-electron chi connectivity index (χ3n) is 3.28. The van der Waals surface area contributed by atoms with Crippen LogP contribution in [0.4, 0.5) is 10.5 Å². The van der Waals surface area contributed by atoms with Crippen molar-refractivity contribution < 1.29 is 4.79 Å². The molecule has 4 heteroatoms. The number of hydrogen-bond acceptors (Lipinski definition) is 2. The second-order valence-corrected chi connectivity index (χ2v) is 5.15. The fourth-order valence-corrected chi connectivity index (χ4v) is 1.94. The molecule has 0 heterocycles. The molecule has 2 unspecified atom stereocenters. The molecule has 0 aliphatic rings. The molecular weight excluding hydrogens is 238 g/mol. The third kappa shape index (κ3) is 5.75. The van der Waals surface area contributed by atoms with E-state index in [0.29, 0.717) is 12.5 Å². The van der Waals surface area contributed by atoms with Gasteiger partial charge in [-0.15, -0.1) is 0 Å². The van der Waals surface area contributed by atoms with E-state index in [4.69, 9.17) is 5.73 Å². The number of nitrogens with one attached hydrogen (secondary N) is 2. The molecule has 0 saturated carbocycles. The van der Waals surface area contributed by atoms with Gasteiger partial charge in [0.25, 0.3) is 0 Å². The van der Waals surface area contributed by atoms with Crippen LogP contribution in [-0.4, -0.2) is 12.1 Å². The minimum atomic E-state index is -0.156. The lowest BCUT2D eigenvalue weighted by Crippen LogP contribution is -2.36. The summed E-state index contributed by atoms with van der Waals surface area (Å²) in [5, 5.41) is 5.77. The van der Waals surface area contributed by atoms with Gasteiger partial charge < -0.3 is 16.4 Å². The summed E-state index contributed by atoms with van der Waals surface area (Å²) in [6, 6.07) is 7.58. The van der Waals surface area contributed by atoms with Crippen LogP contribution in [0.25, 0.3) is 0 Å². The Labute approximate surface area is 115 Å².